The molecule has 0 spiro atoms. The van der Waals surface area contributed by atoms with Crippen molar-refractivity contribution >= 4 is 34.8 Å². The SMILES string of the molecule is CC[C@]1(C)C[C@@H](c2ncc(-c3ccc(-c4ccc5cc(-c6cnc([C@@H]7C[C@@]8(C)C[C@H]8N7C(=O)[C@@H](NC(=O)OC)C7CCOCC7)[nH]6)ccc5c4)cc3)[nH]2)N(C(=O)[C@@H](NC(=O)OC)C2CCOCC2)C1. The number of benzene rings is 3. The molecule has 0 unspecified atom stereocenters. The lowest BCUT2D eigenvalue weighted by Gasteiger charge is -2.35. The minimum atomic E-state index is -0.712. The standard InChI is InChI=1S/C53H64N8O8/c1-6-52(2)25-41(60(30-52)48(62)44(58-50(64)66-4)33-15-19-68-20-16-33)46-54-28-39(56-46)32-9-7-31(8-10-32)35-11-12-37-24-38(14-13-36(37)23-35)40-29-55-47(57-40)42-26-53(3)27-43(53)61(42)49(63)45(59-51(65)67-5)34-17-21-69-22-18-34/h7-14,23-24,28-29,33-34,41-45H,6,15-22,25-27,30H2,1-5H3,(H,54,56)(H,55,57)(H,58,64)(H,59,65)/t41-,42-,43+,44-,45-,52+,53-/m0/s1. The van der Waals surface area contributed by atoms with Gasteiger partial charge in [-0.3, -0.25) is 9.59 Å². The van der Waals surface area contributed by atoms with Gasteiger partial charge in [-0.25, -0.2) is 19.6 Å². The summed E-state index contributed by atoms with van der Waals surface area (Å²) in [5.74, 6) is 1.20. The molecule has 364 valence electrons. The van der Waals surface area contributed by atoms with Gasteiger partial charge in [0.15, 0.2) is 0 Å². The smallest absolute Gasteiger partial charge is 0.407 e. The van der Waals surface area contributed by atoms with Gasteiger partial charge in [-0.2, -0.15) is 0 Å². The molecule has 5 fully saturated rings. The molecule has 0 radical (unpaired) electrons. The normalized spacial score (nSPS) is 25.8. The number of nitrogens with one attached hydrogen (secondary N) is 4. The summed E-state index contributed by atoms with van der Waals surface area (Å²) in [6.45, 7) is 9.39. The Balaban J connectivity index is 0.833. The predicted molar refractivity (Wildman–Crippen MR) is 258 cm³/mol. The average molecular weight is 941 g/mol. The molecule has 69 heavy (non-hydrogen) atoms. The molecule has 10 rings (SSSR count). The number of ether oxygens (including phenoxy) is 4. The van der Waals surface area contributed by atoms with Crippen molar-refractivity contribution in [2.45, 2.75) is 102 Å². The van der Waals surface area contributed by atoms with Crippen molar-refractivity contribution in [3.05, 3.63) is 84.7 Å². The van der Waals surface area contributed by atoms with Crippen molar-refractivity contribution in [1.82, 2.24) is 40.4 Å². The van der Waals surface area contributed by atoms with Gasteiger partial charge in [-0.05, 0) is 114 Å². The topological polar surface area (TPSA) is 193 Å². The number of fused-ring (bicyclic) bond motifs is 2. The number of aromatic amines is 2. The number of carbonyl (C=O) groups excluding carboxylic acids is 4. The highest BCUT2D eigenvalue weighted by molar-refractivity contribution is 5.91. The van der Waals surface area contributed by atoms with Gasteiger partial charge in [-0.15, -0.1) is 0 Å². The van der Waals surface area contributed by atoms with Gasteiger partial charge >= 0.3 is 12.2 Å². The van der Waals surface area contributed by atoms with Crippen molar-refractivity contribution < 1.29 is 38.1 Å². The Labute approximate surface area is 402 Å². The van der Waals surface area contributed by atoms with Crippen LogP contribution < -0.4 is 10.6 Å². The molecule has 7 atom stereocenters. The van der Waals surface area contributed by atoms with Crippen LogP contribution in [-0.2, 0) is 28.5 Å². The first kappa shape index (κ1) is 46.5. The van der Waals surface area contributed by atoms with Gasteiger partial charge < -0.3 is 49.3 Å². The summed E-state index contributed by atoms with van der Waals surface area (Å²) in [5, 5.41) is 7.93. The molecule has 6 heterocycles. The molecular formula is C53H64N8O8. The lowest BCUT2D eigenvalue weighted by Crippen LogP contribution is -2.54. The molecule has 1 saturated carbocycles. The molecule has 4 saturated heterocycles. The Bertz CT molecular complexity index is 2710. The average Bonchev–Trinajstić information content (AvgIpc) is 3.95. The van der Waals surface area contributed by atoms with E-state index >= 15 is 0 Å². The predicted octanol–water partition coefficient (Wildman–Crippen LogP) is 8.33. The number of H-pyrrole nitrogens is 2. The van der Waals surface area contributed by atoms with Crippen LogP contribution in [0.25, 0.3) is 44.4 Å². The molecule has 3 aromatic carbocycles. The molecule has 4 N–H and O–H groups in total. The van der Waals surface area contributed by atoms with Crippen LogP contribution in [0.4, 0.5) is 9.59 Å². The molecule has 4 aliphatic heterocycles. The second kappa shape index (κ2) is 18.9. The van der Waals surface area contributed by atoms with Gasteiger partial charge in [-0.1, -0.05) is 69.3 Å². The number of methoxy groups -OCH3 is 2. The van der Waals surface area contributed by atoms with Crippen molar-refractivity contribution in [3.8, 4) is 33.6 Å². The van der Waals surface area contributed by atoms with E-state index < -0.39 is 24.3 Å². The van der Waals surface area contributed by atoms with Crippen LogP contribution in [0.15, 0.2) is 73.1 Å². The molecule has 2 aromatic heterocycles. The third-order valence-corrected chi connectivity index (χ3v) is 16.1. The largest absolute Gasteiger partial charge is 0.453 e. The van der Waals surface area contributed by atoms with Gasteiger partial charge in [0.1, 0.15) is 23.7 Å². The number of rotatable bonds is 12. The molecule has 16 heteroatoms. The van der Waals surface area contributed by atoms with Crippen LogP contribution in [0.5, 0.6) is 0 Å². The fourth-order valence-electron chi connectivity index (χ4n) is 11.5. The number of hydrogen-bond acceptors (Lipinski definition) is 10. The summed E-state index contributed by atoms with van der Waals surface area (Å²) in [5.41, 5.74) is 5.80. The minimum absolute atomic E-state index is 0.0168. The quantitative estimate of drug-likeness (QED) is 0.0945. The number of piperidine rings is 1. The van der Waals surface area contributed by atoms with Crippen molar-refractivity contribution in [2.24, 2.45) is 22.7 Å². The van der Waals surface area contributed by atoms with Crippen molar-refractivity contribution in [3.63, 3.8) is 0 Å². The van der Waals surface area contributed by atoms with E-state index in [1.54, 1.807) is 0 Å². The fourth-order valence-corrected chi connectivity index (χ4v) is 11.5. The van der Waals surface area contributed by atoms with E-state index in [2.05, 4.69) is 102 Å². The maximum absolute atomic E-state index is 14.4. The van der Waals surface area contributed by atoms with Crippen LogP contribution in [0.2, 0.25) is 0 Å². The highest BCUT2D eigenvalue weighted by Crippen LogP contribution is 2.63. The molecular weight excluding hydrogens is 877 g/mol. The van der Waals surface area contributed by atoms with E-state index in [4.69, 9.17) is 28.9 Å². The number of hydrogen-bond donors (Lipinski definition) is 4. The summed E-state index contributed by atoms with van der Waals surface area (Å²) in [4.78, 5) is 74.5. The van der Waals surface area contributed by atoms with Crippen molar-refractivity contribution in [2.75, 3.05) is 47.2 Å². The highest BCUT2D eigenvalue weighted by Gasteiger charge is 2.64. The van der Waals surface area contributed by atoms with Crippen molar-refractivity contribution in [1.29, 1.82) is 0 Å². The number of amides is 4. The van der Waals surface area contributed by atoms with Crippen LogP contribution in [0, 0.1) is 22.7 Å². The molecule has 5 aliphatic rings. The van der Waals surface area contributed by atoms with Crippen LogP contribution in [-0.4, -0.2) is 119 Å². The lowest BCUT2D eigenvalue weighted by atomic mass is 9.85. The number of likely N-dealkylation sites (tertiary alicyclic amines) is 2. The van der Waals surface area contributed by atoms with Gasteiger partial charge in [0.25, 0.3) is 0 Å². The molecule has 1 aliphatic carbocycles. The zero-order chi connectivity index (χ0) is 48.0. The minimum Gasteiger partial charge on any atom is -0.453 e. The summed E-state index contributed by atoms with van der Waals surface area (Å²) in [6, 6.07) is 19.5. The number of imidazole rings is 2. The first-order chi connectivity index (χ1) is 33.4. The summed E-state index contributed by atoms with van der Waals surface area (Å²) < 4.78 is 21.1. The third-order valence-electron chi connectivity index (χ3n) is 16.1. The Hall–Kier alpha value is -6.26. The number of carbonyl (C=O) groups is 4. The number of alkyl carbamates (subject to hydrolysis) is 2. The van der Waals surface area contributed by atoms with Crippen LogP contribution in [0.1, 0.15) is 95.9 Å². The van der Waals surface area contributed by atoms with Crippen LogP contribution >= 0.6 is 0 Å². The second-order valence-corrected chi connectivity index (χ2v) is 20.5. The monoisotopic (exact) mass is 940 g/mol. The Kier molecular flexibility index (Phi) is 12.7. The van der Waals surface area contributed by atoms with E-state index in [-0.39, 0.29) is 52.6 Å². The molecule has 5 aromatic rings. The molecule has 4 amide bonds. The van der Waals surface area contributed by atoms with E-state index in [0.29, 0.717) is 58.7 Å². The second-order valence-electron chi connectivity index (χ2n) is 20.5. The zero-order valence-corrected chi connectivity index (χ0v) is 40.2. The number of aromatic nitrogens is 4. The van der Waals surface area contributed by atoms with Crippen LogP contribution in [0.3, 0.4) is 0 Å². The maximum Gasteiger partial charge on any atom is 0.407 e. The first-order valence-electron chi connectivity index (χ1n) is 24.6. The molecule has 0 bridgehead atoms. The summed E-state index contributed by atoms with van der Waals surface area (Å²) >= 11 is 0. The van der Waals surface area contributed by atoms with E-state index in [9.17, 15) is 19.2 Å². The Morgan fingerprint density at radius 1 is 0.681 bits per heavy atom. The Morgan fingerprint density at radius 3 is 1.77 bits per heavy atom. The molecule has 16 nitrogen and oxygen atoms in total. The maximum atomic E-state index is 14.4. The Morgan fingerprint density at radius 2 is 1.19 bits per heavy atom. The van der Waals surface area contributed by atoms with E-state index in [1.165, 1.54) is 14.2 Å². The zero-order valence-electron chi connectivity index (χ0n) is 40.2. The van der Waals surface area contributed by atoms with Gasteiger partial charge in [0.05, 0.1) is 50.1 Å². The lowest BCUT2D eigenvalue weighted by molar-refractivity contribution is -0.138. The van der Waals surface area contributed by atoms with Gasteiger partial charge in [0.2, 0.25) is 11.8 Å². The van der Waals surface area contributed by atoms with Gasteiger partial charge in [0, 0.05) is 44.6 Å². The summed E-state index contributed by atoms with van der Waals surface area (Å²) in [6.07, 6.45) is 8.63. The van der Waals surface area contributed by atoms with E-state index in [1.807, 2.05) is 22.2 Å². The number of nitrogens with zero attached hydrogens (tertiary/aromatic N) is 4. The summed E-state index contributed by atoms with van der Waals surface area (Å²) in [7, 11) is 2.64. The fraction of sp³-hybridized carbons (Fsp3) is 0.509. The first-order valence-corrected chi connectivity index (χ1v) is 24.6. The third kappa shape index (κ3) is 9.20. The highest BCUT2D eigenvalue weighted by atomic mass is 16.5. The van der Waals surface area contributed by atoms with E-state index in [0.717, 1.165) is 81.7 Å².